The normalized spacial score (nSPS) is 14.5. The predicted octanol–water partition coefficient (Wildman–Crippen LogP) is 2.95. The molecule has 0 aliphatic carbocycles. The molecule has 2 heterocycles. The molecule has 0 bridgehead atoms. The highest BCUT2D eigenvalue weighted by Gasteiger charge is 2.40. The molecule has 10 heteroatoms. The molecule has 0 spiro atoms. The molecule has 28 heavy (non-hydrogen) atoms. The SMILES string of the molecule is Cc1cnc(C2=NCc3cc(F)c([C@H](C)C(F)(F)COC(=N)N)cc3N2)cn1. The lowest BCUT2D eigenvalue weighted by Gasteiger charge is -2.26. The molecular weight excluding hydrogens is 373 g/mol. The van der Waals surface area contributed by atoms with Gasteiger partial charge in [-0.2, -0.15) is 0 Å². The molecule has 4 N–H and O–H groups in total. The Kier molecular flexibility index (Phi) is 5.21. The van der Waals surface area contributed by atoms with Gasteiger partial charge in [-0.1, -0.05) is 6.92 Å². The van der Waals surface area contributed by atoms with E-state index >= 15 is 0 Å². The lowest BCUT2D eigenvalue weighted by molar-refractivity contribution is -0.0649. The maximum Gasteiger partial charge on any atom is 0.288 e. The maximum absolute atomic E-state index is 14.5. The van der Waals surface area contributed by atoms with E-state index in [9.17, 15) is 13.2 Å². The van der Waals surface area contributed by atoms with Crippen LogP contribution in [0.2, 0.25) is 0 Å². The highest BCUT2D eigenvalue weighted by atomic mass is 19.3. The Bertz CT molecular complexity index is 930. The number of hydrogen-bond donors (Lipinski definition) is 3. The molecule has 1 aromatic carbocycles. The first kappa shape index (κ1) is 19.6. The van der Waals surface area contributed by atoms with E-state index < -0.39 is 30.3 Å². The monoisotopic (exact) mass is 392 g/mol. The van der Waals surface area contributed by atoms with Crippen molar-refractivity contribution in [3.05, 3.63) is 52.9 Å². The van der Waals surface area contributed by atoms with E-state index in [4.69, 9.17) is 11.1 Å². The van der Waals surface area contributed by atoms with Crippen molar-refractivity contribution < 1.29 is 17.9 Å². The molecule has 0 unspecified atom stereocenters. The number of anilines is 1. The summed E-state index contributed by atoms with van der Waals surface area (Å²) in [7, 11) is 0. The fraction of sp³-hybridized carbons (Fsp3) is 0.333. The maximum atomic E-state index is 14.5. The van der Waals surface area contributed by atoms with Crippen molar-refractivity contribution in [2.24, 2.45) is 10.7 Å². The minimum Gasteiger partial charge on any atom is -0.459 e. The van der Waals surface area contributed by atoms with E-state index in [0.29, 0.717) is 22.8 Å². The summed E-state index contributed by atoms with van der Waals surface area (Å²) in [5, 5.41) is 9.93. The van der Waals surface area contributed by atoms with E-state index in [-0.39, 0.29) is 12.1 Å². The molecule has 1 aliphatic heterocycles. The van der Waals surface area contributed by atoms with Crippen molar-refractivity contribution in [3.63, 3.8) is 0 Å². The summed E-state index contributed by atoms with van der Waals surface area (Å²) >= 11 is 0. The first-order chi connectivity index (χ1) is 13.2. The summed E-state index contributed by atoms with van der Waals surface area (Å²) in [6, 6.07) is 1.71. The Morgan fingerprint density at radius 1 is 1.36 bits per heavy atom. The molecule has 0 saturated carbocycles. The molecule has 1 aliphatic rings. The zero-order chi connectivity index (χ0) is 20.5. The number of nitrogens with zero attached hydrogens (tertiary/aromatic N) is 3. The van der Waals surface area contributed by atoms with Crippen molar-refractivity contribution >= 4 is 17.5 Å². The molecule has 148 valence electrons. The van der Waals surface area contributed by atoms with Gasteiger partial charge in [0, 0.05) is 17.4 Å². The van der Waals surface area contributed by atoms with E-state index in [1.165, 1.54) is 19.1 Å². The number of aliphatic imine (C=N–C) groups is 1. The van der Waals surface area contributed by atoms with Gasteiger partial charge in [0.1, 0.15) is 11.5 Å². The first-order valence-electron chi connectivity index (χ1n) is 8.45. The van der Waals surface area contributed by atoms with Crippen LogP contribution in [0.4, 0.5) is 18.9 Å². The molecule has 0 radical (unpaired) electrons. The number of hydrogen-bond acceptors (Lipinski definition) is 6. The van der Waals surface area contributed by atoms with Crippen LogP contribution >= 0.6 is 0 Å². The minimum atomic E-state index is -3.42. The number of halogens is 3. The van der Waals surface area contributed by atoms with Crippen molar-refractivity contribution in [2.75, 3.05) is 11.9 Å². The lowest BCUT2D eigenvalue weighted by Crippen LogP contribution is -2.33. The zero-order valence-corrected chi connectivity index (χ0v) is 15.3. The van der Waals surface area contributed by atoms with Crippen LogP contribution in [0.15, 0.2) is 29.5 Å². The molecule has 0 saturated heterocycles. The topological polar surface area (TPSA) is 109 Å². The van der Waals surface area contributed by atoms with E-state index in [1.54, 1.807) is 19.3 Å². The minimum absolute atomic E-state index is 0.181. The van der Waals surface area contributed by atoms with Gasteiger partial charge < -0.3 is 15.8 Å². The number of aryl methyl sites for hydroxylation is 1. The number of amidine groups is 2. The number of alkyl halides is 2. The zero-order valence-electron chi connectivity index (χ0n) is 15.3. The smallest absolute Gasteiger partial charge is 0.288 e. The van der Waals surface area contributed by atoms with Crippen molar-refractivity contribution in [2.45, 2.75) is 32.2 Å². The quantitative estimate of drug-likeness (QED) is 0.535. The van der Waals surface area contributed by atoms with Crippen molar-refractivity contribution in [1.82, 2.24) is 9.97 Å². The highest BCUT2D eigenvalue weighted by Crippen LogP contribution is 2.37. The van der Waals surface area contributed by atoms with Gasteiger partial charge in [0.2, 0.25) is 0 Å². The van der Waals surface area contributed by atoms with Gasteiger partial charge in [0.15, 0.2) is 12.4 Å². The van der Waals surface area contributed by atoms with Crippen LogP contribution < -0.4 is 11.1 Å². The Morgan fingerprint density at radius 3 is 2.75 bits per heavy atom. The van der Waals surface area contributed by atoms with Crippen LogP contribution in [-0.4, -0.2) is 34.4 Å². The van der Waals surface area contributed by atoms with Gasteiger partial charge in [-0.05, 0) is 24.6 Å². The summed E-state index contributed by atoms with van der Waals surface area (Å²) in [6.45, 7) is 2.06. The summed E-state index contributed by atoms with van der Waals surface area (Å²) in [5.41, 5.74) is 7.03. The van der Waals surface area contributed by atoms with Crippen LogP contribution in [-0.2, 0) is 11.3 Å². The molecule has 0 amide bonds. The fourth-order valence-corrected chi connectivity index (χ4v) is 2.73. The van der Waals surface area contributed by atoms with E-state index in [1.807, 2.05) is 0 Å². The average molecular weight is 392 g/mol. The van der Waals surface area contributed by atoms with Crippen LogP contribution in [0.1, 0.15) is 35.4 Å². The van der Waals surface area contributed by atoms with E-state index in [0.717, 1.165) is 5.69 Å². The van der Waals surface area contributed by atoms with Gasteiger partial charge in [0.05, 0.1) is 24.4 Å². The number of benzene rings is 1. The Hall–Kier alpha value is -3.17. The molecule has 7 nitrogen and oxygen atoms in total. The molecule has 0 fully saturated rings. The summed E-state index contributed by atoms with van der Waals surface area (Å²) in [6.07, 6.45) is 3.13. The average Bonchev–Trinajstić information content (AvgIpc) is 2.65. The van der Waals surface area contributed by atoms with Crippen LogP contribution in [0.25, 0.3) is 0 Å². The molecule has 2 aromatic rings. The number of nitrogens with one attached hydrogen (secondary N) is 2. The number of rotatable bonds is 5. The third kappa shape index (κ3) is 4.05. The second kappa shape index (κ2) is 7.45. The van der Waals surface area contributed by atoms with Crippen LogP contribution in [0, 0.1) is 18.2 Å². The lowest BCUT2D eigenvalue weighted by atomic mass is 9.92. The Morgan fingerprint density at radius 2 is 2.11 bits per heavy atom. The molecule has 1 atom stereocenters. The second-order valence-electron chi connectivity index (χ2n) is 6.50. The van der Waals surface area contributed by atoms with Gasteiger partial charge in [-0.3, -0.25) is 15.4 Å². The first-order valence-corrected chi connectivity index (χ1v) is 8.45. The van der Waals surface area contributed by atoms with Crippen molar-refractivity contribution in [3.8, 4) is 0 Å². The number of ether oxygens (including phenoxy) is 1. The van der Waals surface area contributed by atoms with Gasteiger partial charge in [0.25, 0.3) is 11.9 Å². The molecule has 1 aromatic heterocycles. The number of fused-ring (bicyclic) bond motifs is 1. The Labute approximate surface area is 159 Å². The molecular formula is C18H19F3N6O. The third-order valence-corrected chi connectivity index (χ3v) is 4.43. The van der Waals surface area contributed by atoms with Gasteiger partial charge in [-0.25, -0.2) is 18.2 Å². The van der Waals surface area contributed by atoms with Gasteiger partial charge >= 0.3 is 0 Å². The Balaban J connectivity index is 1.87. The summed E-state index contributed by atoms with van der Waals surface area (Å²) in [5.74, 6) is -5.25. The summed E-state index contributed by atoms with van der Waals surface area (Å²) in [4.78, 5) is 12.7. The fourth-order valence-electron chi connectivity index (χ4n) is 2.73. The molecule has 3 rings (SSSR count). The van der Waals surface area contributed by atoms with Crippen LogP contribution in [0.5, 0.6) is 0 Å². The summed E-state index contributed by atoms with van der Waals surface area (Å²) < 4.78 is 47.6. The van der Waals surface area contributed by atoms with Gasteiger partial charge in [-0.15, -0.1) is 0 Å². The van der Waals surface area contributed by atoms with Crippen molar-refractivity contribution in [1.29, 1.82) is 5.41 Å². The highest BCUT2D eigenvalue weighted by molar-refractivity contribution is 6.08. The number of nitrogens with two attached hydrogens (primary N) is 1. The largest absolute Gasteiger partial charge is 0.459 e. The van der Waals surface area contributed by atoms with Crippen LogP contribution in [0.3, 0.4) is 0 Å². The standard InChI is InChI=1S/C18H19F3N6O/c1-9-5-25-15(7-24-9)16-26-6-11-3-13(19)12(4-14(11)27-16)10(2)18(20,21)8-28-17(22)23/h3-5,7,10H,6,8H2,1-2H3,(H3,22,23)(H,26,27)/t10-/m0/s1. The second-order valence-corrected chi connectivity index (χ2v) is 6.50. The number of aromatic nitrogens is 2. The predicted molar refractivity (Wildman–Crippen MR) is 98.3 cm³/mol. The van der Waals surface area contributed by atoms with E-state index in [2.05, 4.69) is 25.0 Å². The third-order valence-electron chi connectivity index (χ3n) is 4.43.